The molecule has 0 amide bonds. The van der Waals surface area contributed by atoms with Crippen molar-refractivity contribution in [1.82, 2.24) is 5.32 Å². The van der Waals surface area contributed by atoms with E-state index in [4.69, 9.17) is 25.8 Å². The molecular weight excluding hydrogens is 494 g/mol. The molecule has 0 spiro atoms. The Bertz CT molecular complexity index is 1310. The highest BCUT2D eigenvalue weighted by Gasteiger charge is 2.42. The molecule has 7 nitrogen and oxygen atoms in total. The van der Waals surface area contributed by atoms with Crippen LogP contribution in [0.5, 0.6) is 11.5 Å². The van der Waals surface area contributed by atoms with E-state index in [-0.39, 0.29) is 23.6 Å². The van der Waals surface area contributed by atoms with Crippen molar-refractivity contribution >= 4 is 29.3 Å². The van der Waals surface area contributed by atoms with Crippen LogP contribution in [0.2, 0.25) is 5.02 Å². The lowest BCUT2D eigenvalue weighted by Crippen LogP contribution is -2.36. The lowest BCUT2D eigenvalue weighted by atomic mass is 9.71. The van der Waals surface area contributed by atoms with Crippen LogP contribution in [-0.4, -0.2) is 30.9 Å². The molecule has 1 N–H and O–H groups in total. The summed E-state index contributed by atoms with van der Waals surface area (Å²) >= 11 is 6.06. The number of allylic oxidation sites excluding steroid dienone is 3. The fourth-order valence-corrected chi connectivity index (χ4v) is 5.12. The number of hydrogen-bond acceptors (Lipinski definition) is 7. The van der Waals surface area contributed by atoms with Crippen molar-refractivity contribution in [3.8, 4) is 11.5 Å². The molecule has 2 atom stereocenters. The van der Waals surface area contributed by atoms with Gasteiger partial charge < -0.3 is 19.5 Å². The molecule has 2 aromatic carbocycles. The summed E-state index contributed by atoms with van der Waals surface area (Å²) in [6, 6.07) is 12.6. The summed E-state index contributed by atoms with van der Waals surface area (Å²) in [5.41, 5.74) is 4.00. The molecule has 0 bridgehead atoms. The van der Waals surface area contributed by atoms with Gasteiger partial charge in [0.25, 0.3) is 0 Å². The van der Waals surface area contributed by atoms with E-state index in [1.165, 1.54) is 14.0 Å². The number of benzene rings is 2. The minimum atomic E-state index is -0.665. The summed E-state index contributed by atoms with van der Waals surface area (Å²) < 4.78 is 16.3. The lowest BCUT2D eigenvalue weighted by Gasteiger charge is -2.37. The maximum atomic E-state index is 13.7. The molecule has 2 unspecified atom stereocenters. The van der Waals surface area contributed by atoms with E-state index in [1.807, 2.05) is 31.2 Å². The monoisotopic (exact) mass is 523 g/mol. The van der Waals surface area contributed by atoms with Crippen molar-refractivity contribution in [2.45, 2.75) is 58.5 Å². The smallest absolute Gasteiger partial charge is 0.337 e. The summed E-state index contributed by atoms with van der Waals surface area (Å²) in [5, 5.41) is 3.98. The van der Waals surface area contributed by atoms with Gasteiger partial charge in [0.1, 0.15) is 0 Å². The highest BCUT2D eigenvalue weighted by atomic mass is 35.5. The third-order valence-electron chi connectivity index (χ3n) is 6.51. The number of methoxy groups -OCH3 is 1. The normalized spacial score (nSPS) is 19.4. The Morgan fingerprint density at radius 1 is 1.03 bits per heavy atom. The van der Waals surface area contributed by atoms with Crippen molar-refractivity contribution < 1.29 is 28.6 Å². The van der Waals surface area contributed by atoms with Crippen LogP contribution in [0.4, 0.5) is 0 Å². The zero-order valence-corrected chi connectivity index (χ0v) is 22.3. The summed E-state index contributed by atoms with van der Waals surface area (Å²) in [7, 11) is 1.47. The van der Waals surface area contributed by atoms with Crippen LogP contribution in [0.25, 0.3) is 0 Å². The van der Waals surface area contributed by atoms with Gasteiger partial charge in [-0.15, -0.1) is 0 Å². The first-order chi connectivity index (χ1) is 17.6. The Balaban J connectivity index is 1.82. The molecular formula is C29H30ClNO6. The van der Waals surface area contributed by atoms with Crippen LogP contribution in [0.3, 0.4) is 0 Å². The van der Waals surface area contributed by atoms with Gasteiger partial charge in [-0.1, -0.05) is 29.8 Å². The van der Waals surface area contributed by atoms with E-state index < -0.39 is 17.9 Å². The first-order valence-electron chi connectivity index (χ1n) is 12.2. The molecule has 0 radical (unpaired) electrons. The van der Waals surface area contributed by atoms with Crippen molar-refractivity contribution in [2.24, 2.45) is 0 Å². The van der Waals surface area contributed by atoms with Crippen LogP contribution in [0, 0.1) is 0 Å². The van der Waals surface area contributed by atoms with E-state index in [1.54, 1.807) is 32.0 Å². The van der Waals surface area contributed by atoms with E-state index in [0.717, 1.165) is 11.3 Å². The highest BCUT2D eigenvalue weighted by molar-refractivity contribution is 6.30. The average Bonchev–Trinajstić information content (AvgIpc) is 2.83. The number of dihydropyridines is 1. The largest absolute Gasteiger partial charge is 0.493 e. The second-order valence-corrected chi connectivity index (χ2v) is 9.96. The summed E-state index contributed by atoms with van der Waals surface area (Å²) in [6.07, 6.45) is 0.569. The third-order valence-corrected chi connectivity index (χ3v) is 6.76. The van der Waals surface area contributed by atoms with E-state index in [9.17, 15) is 14.4 Å². The standard InChI is InChI=1S/C29H30ClNO6/c1-15(2)36-29(34)26-16(3)31-22-12-20(18-6-9-21(30)10-7-18)13-23(33)28(22)27(26)19-8-11-24(37-17(4)32)25(14-19)35-5/h6-11,14-15,20,27,31H,12-13H2,1-5H3. The number of ether oxygens (including phenoxy) is 3. The zero-order chi connectivity index (χ0) is 26.9. The Morgan fingerprint density at radius 2 is 1.70 bits per heavy atom. The number of rotatable bonds is 6. The number of nitrogens with one attached hydrogen (secondary N) is 1. The van der Waals surface area contributed by atoms with E-state index in [2.05, 4.69) is 5.32 Å². The lowest BCUT2D eigenvalue weighted by molar-refractivity contribution is -0.143. The molecule has 0 saturated carbocycles. The Hall–Kier alpha value is -3.58. The molecule has 0 aromatic heterocycles. The number of Topliss-reactive ketones (excluding diaryl/α,β-unsaturated/α-hetero) is 1. The number of hydrogen-bond donors (Lipinski definition) is 1. The second kappa shape index (κ2) is 10.8. The molecule has 2 aromatic rings. The molecule has 0 saturated heterocycles. The summed E-state index contributed by atoms with van der Waals surface area (Å²) in [5.74, 6) is -1.13. The average molecular weight is 524 g/mol. The molecule has 2 aliphatic rings. The molecule has 37 heavy (non-hydrogen) atoms. The van der Waals surface area contributed by atoms with Gasteiger partial charge in [-0.2, -0.15) is 0 Å². The van der Waals surface area contributed by atoms with Gasteiger partial charge in [0.05, 0.1) is 18.8 Å². The Morgan fingerprint density at radius 3 is 2.32 bits per heavy atom. The summed E-state index contributed by atoms with van der Waals surface area (Å²) in [4.78, 5) is 38.6. The van der Waals surface area contributed by atoms with Gasteiger partial charge in [0, 0.05) is 41.3 Å². The minimum absolute atomic E-state index is 0.0190. The van der Waals surface area contributed by atoms with Crippen LogP contribution in [0.15, 0.2) is 65.0 Å². The molecule has 4 rings (SSSR count). The third kappa shape index (κ3) is 5.57. The van der Waals surface area contributed by atoms with Crippen molar-refractivity contribution in [3.05, 3.63) is 81.2 Å². The first kappa shape index (κ1) is 26.5. The molecule has 1 aliphatic carbocycles. The van der Waals surface area contributed by atoms with Crippen LogP contribution < -0.4 is 14.8 Å². The predicted molar refractivity (Wildman–Crippen MR) is 140 cm³/mol. The van der Waals surface area contributed by atoms with Crippen molar-refractivity contribution in [2.75, 3.05) is 7.11 Å². The van der Waals surface area contributed by atoms with E-state index >= 15 is 0 Å². The fourth-order valence-electron chi connectivity index (χ4n) is 4.99. The molecule has 1 aliphatic heterocycles. The molecule has 0 fully saturated rings. The van der Waals surface area contributed by atoms with E-state index in [0.29, 0.717) is 46.0 Å². The van der Waals surface area contributed by atoms with Gasteiger partial charge in [-0.3, -0.25) is 9.59 Å². The molecule has 8 heteroatoms. The zero-order valence-electron chi connectivity index (χ0n) is 21.5. The van der Waals surface area contributed by atoms with Crippen molar-refractivity contribution in [1.29, 1.82) is 0 Å². The predicted octanol–water partition coefficient (Wildman–Crippen LogP) is 5.59. The van der Waals surface area contributed by atoms with Crippen LogP contribution in [-0.2, 0) is 19.1 Å². The summed E-state index contributed by atoms with van der Waals surface area (Å²) in [6.45, 7) is 6.68. The maximum absolute atomic E-state index is 13.7. The maximum Gasteiger partial charge on any atom is 0.337 e. The minimum Gasteiger partial charge on any atom is -0.493 e. The topological polar surface area (TPSA) is 90.9 Å². The Labute approximate surface area is 221 Å². The van der Waals surface area contributed by atoms with Crippen LogP contribution >= 0.6 is 11.6 Å². The second-order valence-electron chi connectivity index (χ2n) is 9.53. The first-order valence-corrected chi connectivity index (χ1v) is 12.5. The Kier molecular flexibility index (Phi) is 7.73. The quantitative estimate of drug-likeness (QED) is 0.390. The van der Waals surface area contributed by atoms with Gasteiger partial charge in [0.15, 0.2) is 17.3 Å². The number of esters is 2. The number of carbonyl (C=O) groups excluding carboxylic acids is 3. The number of carbonyl (C=O) groups is 3. The fraction of sp³-hybridized carbons (Fsp3) is 0.345. The number of halogens is 1. The van der Waals surface area contributed by atoms with Gasteiger partial charge in [0.2, 0.25) is 0 Å². The number of ketones is 1. The molecule has 1 heterocycles. The SMILES string of the molecule is COc1cc(C2C(C(=O)OC(C)C)=C(C)NC3=C2C(=O)CC(c2ccc(Cl)cc2)C3)ccc1OC(C)=O. The highest BCUT2D eigenvalue weighted by Crippen LogP contribution is 2.47. The van der Waals surface area contributed by atoms with Crippen molar-refractivity contribution in [3.63, 3.8) is 0 Å². The van der Waals surface area contributed by atoms with Gasteiger partial charge in [-0.05, 0) is 68.5 Å². The molecule has 194 valence electrons. The van der Waals surface area contributed by atoms with Gasteiger partial charge >= 0.3 is 11.9 Å². The van der Waals surface area contributed by atoms with Crippen LogP contribution in [0.1, 0.15) is 63.5 Å². The van der Waals surface area contributed by atoms with Gasteiger partial charge in [-0.25, -0.2) is 4.79 Å².